The van der Waals surface area contributed by atoms with Gasteiger partial charge in [0.05, 0.1) is 16.3 Å². The van der Waals surface area contributed by atoms with Gasteiger partial charge in [0.2, 0.25) is 0 Å². The van der Waals surface area contributed by atoms with Gasteiger partial charge in [-0.1, -0.05) is 23.2 Å². The van der Waals surface area contributed by atoms with Gasteiger partial charge in [0.15, 0.2) is 6.61 Å². The SMILES string of the molecule is Nc1c(Cl)cc(Cl)cc1C(=O)OCC(=O)Nc1ccc(F)cc1. The standard InChI is InChI=1S/C15H11Cl2FN2O3/c16-8-5-11(14(19)12(17)6-8)15(22)23-7-13(21)20-10-3-1-9(18)2-4-10/h1-6H,7,19H2,(H,20,21). The summed E-state index contributed by atoms with van der Waals surface area (Å²) in [6.07, 6.45) is 0. The lowest BCUT2D eigenvalue weighted by molar-refractivity contribution is -0.119. The highest BCUT2D eigenvalue weighted by molar-refractivity contribution is 6.37. The number of anilines is 2. The fourth-order valence-corrected chi connectivity index (χ4v) is 2.19. The Hall–Kier alpha value is -2.31. The minimum absolute atomic E-state index is 0.0139. The predicted octanol–water partition coefficient (Wildman–Crippen LogP) is 3.51. The number of rotatable bonds is 4. The van der Waals surface area contributed by atoms with Gasteiger partial charge in [-0.3, -0.25) is 4.79 Å². The highest BCUT2D eigenvalue weighted by Gasteiger charge is 2.16. The molecule has 0 saturated heterocycles. The molecule has 0 aliphatic rings. The van der Waals surface area contributed by atoms with E-state index in [9.17, 15) is 14.0 Å². The van der Waals surface area contributed by atoms with Crippen LogP contribution < -0.4 is 11.1 Å². The number of hydrogen-bond acceptors (Lipinski definition) is 4. The van der Waals surface area contributed by atoms with E-state index in [-0.39, 0.29) is 21.3 Å². The molecule has 0 atom stereocenters. The zero-order valence-electron chi connectivity index (χ0n) is 11.6. The maximum atomic E-state index is 12.8. The van der Waals surface area contributed by atoms with Gasteiger partial charge < -0.3 is 15.8 Å². The minimum Gasteiger partial charge on any atom is -0.452 e. The molecule has 0 radical (unpaired) electrons. The van der Waals surface area contributed by atoms with Crippen molar-refractivity contribution in [3.63, 3.8) is 0 Å². The van der Waals surface area contributed by atoms with Crippen LogP contribution in [0.2, 0.25) is 10.0 Å². The zero-order chi connectivity index (χ0) is 17.0. The van der Waals surface area contributed by atoms with Crippen molar-refractivity contribution in [1.29, 1.82) is 0 Å². The van der Waals surface area contributed by atoms with Crippen molar-refractivity contribution in [3.8, 4) is 0 Å². The number of nitrogens with one attached hydrogen (secondary N) is 1. The molecule has 2 rings (SSSR count). The molecule has 0 aliphatic carbocycles. The molecule has 3 N–H and O–H groups in total. The number of hydrogen-bond donors (Lipinski definition) is 2. The van der Waals surface area contributed by atoms with Crippen LogP contribution in [0.5, 0.6) is 0 Å². The highest BCUT2D eigenvalue weighted by Crippen LogP contribution is 2.28. The van der Waals surface area contributed by atoms with Crippen LogP contribution in [0.3, 0.4) is 0 Å². The molecule has 1 amide bonds. The van der Waals surface area contributed by atoms with E-state index in [0.717, 1.165) is 0 Å². The van der Waals surface area contributed by atoms with Gasteiger partial charge in [-0.05, 0) is 36.4 Å². The molecule has 0 heterocycles. The summed E-state index contributed by atoms with van der Waals surface area (Å²) in [6.45, 7) is -0.542. The Morgan fingerprint density at radius 3 is 2.48 bits per heavy atom. The maximum Gasteiger partial charge on any atom is 0.340 e. The van der Waals surface area contributed by atoms with Gasteiger partial charge in [0.25, 0.3) is 5.91 Å². The van der Waals surface area contributed by atoms with Gasteiger partial charge in [0.1, 0.15) is 5.82 Å². The Bertz CT molecular complexity index is 751. The molecular weight excluding hydrogens is 346 g/mol. The molecule has 5 nitrogen and oxygen atoms in total. The third kappa shape index (κ3) is 4.58. The van der Waals surface area contributed by atoms with Gasteiger partial charge >= 0.3 is 5.97 Å². The number of esters is 1. The lowest BCUT2D eigenvalue weighted by Gasteiger charge is -2.09. The normalized spacial score (nSPS) is 10.2. The lowest BCUT2D eigenvalue weighted by Crippen LogP contribution is -2.21. The van der Waals surface area contributed by atoms with Gasteiger partial charge in [-0.15, -0.1) is 0 Å². The van der Waals surface area contributed by atoms with Crippen LogP contribution in [0, 0.1) is 5.82 Å². The summed E-state index contributed by atoms with van der Waals surface area (Å²) in [5.41, 5.74) is 6.03. The summed E-state index contributed by atoms with van der Waals surface area (Å²) >= 11 is 11.6. The maximum absolute atomic E-state index is 12.8. The number of carbonyl (C=O) groups excluding carboxylic acids is 2. The molecule has 120 valence electrons. The van der Waals surface area contributed by atoms with E-state index in [4.69, 9.17) is 33.7 Å². The predicted molar refractivity (Wildman–Crippen MR) is 86.2 cm³/mol. The Morgan fingerprint density at radius 1 is 1.17 bits per heavy atom. The minimum atomic E-state index is -0.832. The van der Waals surface area contributed by atoms with Crippen molar-refractivity contribution in [3.05, 3.63) is 57.8 Å². The van der Waals surface area contributed by atoms with Crippen LogP contribution in [0.1, 0.15) is 10.4 Å². The highest BCUT2D eigenvalue weighted by atomic mass is 35.5. The first-order chi connectivity index (χ1) is 10.9. The number of nitrogen functional groups attached to an aromatic ring is 1. The topological polar surface area (TPSA) is 81.4 Å². The monoisotopic (exact) mass is 356 g/mol. The van der Waals surface area contributed by atoms with Crippen molar-refractivity contribution in [2.75, 3.05) is 17.7 Å². The average molecular weight is 357 g/mol. The second-order valence-electron chi connectivity index (χ2n) is 4.48. The summed E-state index contributed by atoms with van der Waals surface area (Å²) < 4.78 is 17.6. The van der Waals surface area contributed by atoms with Crippen molar-refractivity contribution < 1.29 is 18.7 Å². The molecular formula is C15H11Cl2FN2O3. The van der Waals surface area contributed by atoms with E-state index in [2.05, 4.69) is 5.32 Å². The van der Waals surface area contributed by atoms with E-state index >= 15 is 0 Å². The molecule has 0 bridgehead atoms. The first-order valence-corrected chi connectivity index (χ1v) is 7.09. The van der Waals surface area contributed by atoms with Crippen LogP contribution in [-0.4, -0.2) is 18.5 Å². The summed E-state index contributed by atoms with van der Waals surface area (Å²) in [7, 11) is 0. The van der Waals surface area contributed by atoms with E-state index in [0.29, 0.717) is 5.69 Å². The van der Waals surface area contributed by atoms with Gasteiger partial charge in [-0.25, -0.2) is 9.18 Å². The van der Waals surface area contributed by atoms with Crippen LogP contribution in [0.4, 0.5) is 15.8 Å². The molecule has 8 heteroatoms. The Kier molecular flexibility index (Phi) is 5.41. The molecule has 0 saturated carbocycles. The van der Waals surface area contributed by atoms with Crippen molar-refractivity contribution >= 4 is 46.5 Å². The molecule has 0 unspecified atom stereocenters. The van der Waals surface area contributed by atoms with E-state index < -0.39 is 24.3 Å². The molecule has 0 aliphatic heterocycles. The van der Waals surface area contributed by atoms with Crippen LogP contribution in [0.25, 0.3) is 0 Å². The molecule has 0 aromatic heterocycles. The van der Waals surface area contributed by atoms with Crippen molar-refractivity contribution in [2.24, 2.45) is 0 Å². The summed E-state index contributed by atoms with van der Waals surface area (Å²) in [4.78, 5) is 23.6. The summed E-state index contributed by atoms with van der Waals surface area (Å²) in [5, 5.41) is 2.77. The second kappa shape index (κ2) is 7.30. The first kappa shape index (κ1) is 17.1. The second-order valence-corrected chi connectivity index (χ2v) is 5.32. The van der Waals surface area contributed by atoms with Crippen molar-refractivity contribution in [1.82, 2.24) is 0 Å². The molecule has 0 fully saturated rings. The largest absolute Gasteiger partial charge is 0.452 e. The average Bonchev–Trinajstić information content (AvgIpc) is 2.50. The number of ether oxygens (including phenoxy) is 1. The fourth-order valence-electron chi connectivity index (χ4n) is 1.69. The number of nitrogens with two attached hydrogens (primary N) is 1. The van der Waals surface area contributed by atoms with Gasteiger partial charge in [0, 0.05) is 10.7 Å². The molecule has 0 spiro atoms. The van der Waals surface area contributed by atoms with Crippen LogP contribution in [0.15, 0.2) is 36.4 Å². The number of benzene rings is 2. The number of halogens is 3. The number of carbonyl (C=O) groups is 2. The quantitative estimate of drug-likeness (QED) is 0.648. The first-order valence-electron chi connectivity index (χ1n) is 6.34. The number of amides is 1. The van der Waals surface area contributed by atoms with Crippen LogP contribution >= 0.6 is 23.2 Å². The van der Waals surface area contributed by atoms with E-state index in [1.807, 2.05) is 0 Å². The molecule has 23 heavy (non-hydrogen) atoms. The van der Waals surface area contributed by atoms with Crippen molar-refractivity contribution in [2.45, 2.75) is 0 Å². The summed E-state index contributed by atoms with van der Waals surface area (Å²) in [5.74, 6) is -1.85. The lowest BCUT2D eigenvalue weighted by atomic mass is 10.2. The third-order valence-corrected chi connectivity index (χ3v) is 3.31. The van der Waals surface area contributed by atoms with Crippen LogP contribution in [-0.2, 0) is 9.53 Å². The molecule has 2 aromatic rings. The van der Waals surface area contributed by atoms with E-state index in [1.54, 1.807) is 0 Å². The van der Waals surface area contributed by atoms with E-state index in [1.165, 1.54) is 36.4 Å². The Balaban J connectivity index is 1.96. The summed E-state index contributed by atoms with van der Waals surface area (Å²) in [6, 6.07) is 7.82. The Labute approximate surface area is 141 Å². The fraction of sp³-hybridized carbons (Fsp3) is 0.0667. The smallest absolute Gasteiger partial charge is 0.340 e. The van der Waals surface area contributed by atoms with Gasteiger partial charge in [-0.2, -0.15) is 0 Å². The Morgan fingerprint density at radius 2 is 1.83 bits per heavy atom. The zero-order valence-corrected chi connectivity index (χ0v) is 13.1. The molecule has 2 aromatic carbocycles. The third-order valence-electron chi connectivity index (χ3n) is 2.78.